The molecule has 1 aliphatic rings. The standard InChI is InChI=1S/C17H13NO6/c1-22-17(19)11-7-13-16(24-8-23-13)15-10-5-3-2-4-9(10)6-12(14(11)15)18(20)21/h2-7,18,20H,8H2,1H3. The van der Waals surface area contributed by atoms with Gasteiger partial charge in [-0.3, -0.25) is 0 Å². The zero-order valence-corrected chi connectivity index (χ0v) is 12.7. The van der Waals surface area contributed by atoms with E-state index in [0.29, 0.717) is 16.9 Å². The van der Waals surface area contributed by atoms with Crippen molar-refractivity contribution in [1.82, 2.24) is 0 Å². The fourth-order valence-corrected chi connectivity index (χ4v) is 3.10. The van der Waals surface area contributed by atoms with Gasteiger partial charge in [0.25, 0.3) is 0 Å². The second-order valence-corrected chi connectivity index (χ2v) is 5.35. The topological polar surface area (TPSA) is 92.5 Å². The Morgan fingerprint density at radius 3 is 2.79 bits per heavy atom. The highest BCUT2D eigenvalue weighted by molar-refractivity contribution is 6.21. The van der Waals surface area contributed by atoms with Gasteiger partial charge in [-0.15, -0.1) is 0 Å². The summed E-state index contributed by atoms with van der Waals surface area (Å²) in [5, 5.41) is 22.7. The largest absolute Gasteiger partial charge is 0.595 e. The van der Waals surface area contributed by atoms with Crippen LogP contribution in [0.1, 0.15) is 10.4 Å². The van der Waals surface area contributed by atoms with Crippen LogP contribution >= 0.6 is 0 Å². The molecule has 1 aliphatic heterocycles. The lowest BCUT2D eigenvalue weighted by molar-refractivity contribution is -0.990. The van der Waals surface area contributed by atoms with Gasteiger partial charge in [0, 0.05) is 11.5 Å². The number of methoxy groups -OCH3 is 1. The molecule has 2 N–H and O–H groups in total. The lowest BCUT2D eigenvalue weighted by Crippen LogP contribution is -2.99. The van der Waals surface area contributed by atoms with Crippen molar-refractivity contribution in [2.24, 2.45) is 0 Å². The van der Waals surface area contributed by atoms with Crippen molar-refractivity contribution < 1.29 is 29.4 Å². The first-order valence-electron chi connectivity index (χ1n) is 7.21. The molecule has 0 aromatic heterocycles. The minimum atomic E-state index is -1.13. The van der Waals surface area contributed by atoms with Crippen LogP contribution in [0.25, 0.3) is 21.5 Å². The first kappa shape index (κ1) is 14.7. The van der Waals surface area contributed by atoms with Crippen LogP contribution < -0.4 is 14.7 Å². The van der Waals surface area contributed by atoms with Crippen LogP contribution in [-0.4, -0.2) is 25.1 Å². The van der Waals surface area contributed by atoms with E-state index in [1.807, 2.05) is 24.3 Å². The third-order valence-corrected chi connectivity index (χ3v) is 4.10. The van der Waals surface area contributed by atoms with E-state index in [1.165, 1.54) is 13.2 Å². The van der Waals surface area contributed by atoms with Crippen molar-refractivity contribution in [2.45, 2.75) is 0 Å². The van der Waals surface area contributed by atoms with Crippen LogP contribution in [0.5, 0.6) is 11.5 Å². The van der Waals surface area contributed by atoms with E-state index in [4.69, 9.17) is 14.2 Å². The molecule has 3 aromatic carbocycles. The average Bonchev–Trinajstić information content (AvgIpc) is 3.07. The molecule has 0 spiro atoms. The van der Waals surface area contributed by atoms with Gasteiger partial charge in [-0.25, -0.2) is 10.0 Å². The number of benzene rings is 3. The van der Waals surface area contributed by atoms with Gasteiger partial charge in [-0.1, -0.05) is 24.3 Å². The van der Waals surface area contributed by atoms with E-state index in [0.717, 1.165) is 10.8 Å². The summed E-state index contributed by atoms with van der Waals surface area (Å²) < 4.78 is 15.8. The molecule has 3 aromatic rings. The maximum absolute atomic E-state index is 12.2. The Labute approximate surface area is 136 Å². The minimum absolute atomic E-state index is 0.0146. The van der Waals surface area contributed by atoms with Gasteiger partial charge >= 0.3 is 5.97 Å². The predicted molar refractivity (Wildman–Crippen MR) is 84.7 cm³/mol. The quantitative estimate of drug-likeness (QED) is 0.424. The normalized spacial score (nSPS) is 14.1. The summed E-state index contributed by atoms with van der Waals surface area (Å²) in [7, 11) is 1.25. The first-order chi connectivity index (χ1) is 11.6. The fourth-order valence-electron chi connectivity index (χ4n) is 3.10. The first-order valence-corrected chi connectivity index (χ1v) is 7.21. The number of carbonyl (C=O) groups excluding carboxylic acids is 1. The number of hydrogen-bond donors (Lipinski definition) is 2. The Bertz CT molecular complexity index is 982. The summed E-state index contributed by atoms with van der Waals surface area (Å²) in [5.41, 5.74) is 0.155. The van der Waals surface area contributed by atoms with Crippen molar-refractivity contribution in [3.63, 3.8) is 0 Å². The molecule has 0 saturated heterocycles. The number of carbonyl (C=O) groups is 1. The zero-order chi connectivity index (χ0) is 16.8. The van der Waals surface area contributed by atoms with Gasteiger partial charge in [0.2, 0.25) is 6.79 Å². The zero-order valence-electron chi connectivity index (χ0n) is 12.7. The highest BCUT2D eigenvalue weighted by Gasteiger charge is 2.28. The molecule has 0 amide bonds. The van der Waals surface area contributed by atoms with Crippen LogP contribution in [0.3, 0.4) is 0 Å². The molecule has 0 aliphatic carbocycles. The van der Waals surface area contributed by atoms with Gasteiger partial charge in [0.1, 0.15) is 0 Å². The van der Waals surface area contributed by atoms with E-state index in [1.54, 1.807) is 6.07 Å². The number of fused-ring (bicyclic) bond motifs is 5. The van der Waals surface area contributed by atoms with Crippen molar-refractivity contribution in [3.8, 4) is 11.5 Å². The van der Waals surface area contributed by atoms with Gasteiger partial charge < -0.3 is 19.4 Å². The molecule has 0 saturated carbocycles. The van der Waals surface area contributed by atoms with Crippen LogP contribution in [0, 0.1) is 5.21 Å². The van der Waals surface area contributed by atoms with Gasteiger partial charge in [-0.2, -0.15) is 5.23 Å². The smallest absolute Gasteiger partial charge is 0.338 e. The van der Waals surface area contributed by atoms with Crippen molar-refractivity contribution in [3.05, 3.63) is 47.2 Å². The van der Waals surface area contributed by atoms with Crippen molar-refractivity contribution in [1.29, 1.82) is 0 Å². The molecule has 4 rings (SSSR count). The third kappa shape index (κ3) is 2.00. The summed E-state index contributed by atoms with van der Waals surface area (Å²) >= 11 is 0. The summed E-state index contributed by atoms with van der Waals surface area (Å²) in [4.78, 5) is 12.2. The average molecular weight is 327 g/mol. The Hall–Kier alpha value is -2.87. The molecule has 1 atom stereocenters. The Balaban J connectivity index is 2.28. The highest BCUT2D eigenvalue weighted by Crippen LogP contribution is 2.46. The predicted octanol–water partition coefficient (Wildman–Crippen LogP) is 1.91. The monoisotopic (exact) mass is 327 g/mol. The second kappa shape index (κ2) is 5.34. The van der Waals surface area contributed by atoms with Crippen LogP contribution in [0.4, 0.5) is 5.69 Å². The highest BCUT2D eigenvalue weighted by atomic mass is 16.8. The lowest BCUT2D eigenvalue weighted by atomic mass is 9.95. The van der Waals surface area contributed by atoms with Crippen molar-refractivity contribution >= 4 is 33.2 Å². The van der Waals surface area contributed by atoms with E-state index in [-0.39, 0.29) is 23.4 Å². The fraction of sp³-hybridized carbons (Fsp3) is 0.118. The van der Waals surface area contributed by atoms with Crippen LogP contribution in [0.2, 0.25) is 0 Å². The molecular formula is C17H13NO6. The number of quaternary nitrogens is 1. The molecule has 24 heavy (non-hydrogen) atoms. The summed E-state index contributed by atoms with van der Waals surface area (Å²) in [6.45, 7) is 0.0146. The molecular weight excluding hydrogens is 314 g/mol. The molecule has 1 unspecified atom stereocenters. The maximum atomic E-state index is 12.2. The van der Waals surface area contributed by atoms with E-state index >= 15 is 0 Å². The molecule has 0 radical (unpaired) electrons. The molecule has 7 nitrogen and oxygen atoms in total. The molecule has 0 fully saturated rings. The Morgan fingerprint density at radius 1 is 1.25 bits per heavy atom. The third-order valence-electron chi connectivity index (χ3n) is 4.10. The Morgan fingerprint density at radius 2 is 2.04 bits per heavy atom. The molecule has 1 heterocycles. The summed E-state index contributed by atoms with van der Waals surface area (Å²) in [5.74, 6) is 0.212. The number of ether oxygens (including phenoxy) is 3. The summed E-state index contributed by atoms with van der Waals surface area (Å²) in [6.07, 6.45) is 0. The number of rotatable bonds is 2. The van der Waals surface area contributed by atoms with E-state index in [9.17, 15) is 15.2 Å². The molecule has 7 heteroatoms. The van der Waals surface area contributed by atoms with E-state index in [2.05, 4.69) is 0 Å². The van der Waals surface area contributed by atoms with Crippen molar-refractivity contribution in [2.75, 3.05) is 13.9 Å². The van der Waals surface area contributed by atoms with Crippen LogP contribution in [0.15, 0.2) is 36.4 Å². The van der Waals surface area contributed by atoms with Gasteiger partial charge in [-0.05, 0) is 16.8 Å². The SMILES string of the molecule is COC(=O)c1cc2c(c3c1c([NH+]([O-])O)cc1ccccc13)OCO2. The van der Waals surface area contributed by atoms with Crippen LogP contribution in [-0.2, 0) is 4.74 Å². The number of hydrogen-bond acceptors (Lipinski definition) is 6. The van der Waals surface area contributed by atoms with E-state index < -0.39 is 11.2 Å². The Kier molecular flexibility index (Phi) is 3.27. The number of esters is 1. The number of nitrogens with one attached hydrogen (secondary N) is 1. The minimum Gasteiger partial charge on any atom is -0.595 e. The van der Waals surface area contributed by atoms with Gasteiger partial charge in [0.15, 0.2) is 17.2 Å². The second-order valence-electron chi connectivity index (χ2n) is 5.35. The lowest BCUT2D eigenvalue weighted by Gasteiger charge is -2.18. The molecule has 0 bridgehead atoms. The van der Waals surface area contributed by atoms with Gasteiger partial charge in [0.05, 0.1) is 18.1 Å². The maximum Gasteiger partial charge on any atom is 0.338 e. The summed E-state index contributed by atoms with van der Waals surface area (Å²) in [6, 6.07) is 10.4. The molecule has 122 valence electrons.